The van der Waals surface area contributed by atoms with Gasteiger partial charge >= 0.3 is 5.97 Å². The summed E-state index contributed by atoms with van der Waals surface area (Å²) in [6.45, 7) is 7.04. The summed E-state index contributed by atoms with van der Waals surface area (Å²) < 4.78 is 10.4. The first-order chi connectivity index (χ1) is 7.63. The van der Waals surface area contributed by atoms with E-state index in [-0.39, 0.29) is 5.97 Å². The maximum Gasteiger partial charge on any atom is 0.338 e. The summed E-state index contributed by atoms with van der Waals surface area (Å²) in [6, 6.07) is 7.00. The summed E-state index contributed by atoms with van der Waals surface area (Å²) in [4.78, 5) is 11.4. The zero-order chi connectivity index (χ0) is 12.0. The van der Waals surface area contributed by atoms with E-state index in [2.05, 4.69) is 13.8 Å². The van der Waals surface area contributed by atoms with Gasteiger partial charge in [0, 0.05) is 0 Å². The number of hydrogen-bond donors (Lipinski definition) is 0. The number of esters is 1. The Labute approximate surface area is 96.4 Å². The Bertz CT molecular complexity index is 328. The van der Waals surface area contributed by atoms with Crippen molar-refractivity contribution in [3.8, 4) is 5.75 Å². The Morgan fingerprint density at radius 2 is 1.88 bits per heavy atom. The molecule has 0 heterocycles. The van der Waals surface area contributed by atoms with Crippen LogP contribution in [0.5, 0.6) is 5.75 Å². The van der Waals surface area contributed by atoms with Crippen molar-refractivity contribution in [3.05, 3.63) is 29.8 Å². The number of carbonyl (C=O) groups is 1. The van der Waals surface area contributed by atoms with E-state index < -0.39 is 0 Å². The van der Waals surface area contributed by atoms with E-state index in [9.17, 15) is 4.79 Å². The average molecular weight is 222 g/mol. The van der Waals surface area contributed by atoms with Crippen molar-refractivity contribution in [2.24, 2.45) is 5.92 Å². The van der Waals surface area contributed by atoms with Gasteiger partial charge in [-0.3, -0.25) is 0 Å². The van der Waals surface area contributed by atoms with Crippen molar-refractivity contribution in [1.82, 2.24) is 0 Å². The van der Waals surface area contributed by atoms with Crippen LogP contribution < -0.4 is 4.74 Å². The highest BCUT2D eigenvalue weighted by Gasteiger charge is 2.05. The molecule has 0 saturated carbocycles. The molecule has 0 saturated heterocycles. The van der Waals surface area contributed by atoms with Gasteiger partial charge in [-0.2, -0.15) is 0 Å². The highest BCUT2D eigenvalue weighted by atomic mass is 16.5. The van der Waals surface area contributed by atoms with Crippen LogP contribution in [0.2, 0.25) is 0 Å². The van der Waals surface area contributed by atoms with Crippen molar-refractivity contribution >= 4 is 5.97 Å². The van der Waals surface area contributed by atoms with Crippen LogP contribution in [0.15, 0.2) is 24.3 Å². The molecule has 0 N–H and O–H groups in total. The third-order valence-electron chi connectivity index (χ3n) is 1.95. The number of rotatable bonds is 5. The predicted octanol–water partition coefficient (Wildman–Crippen LogP) is 2.90. The molecule has 0 amide bonds. The molecule has 0 aliphatic rings. The van der Waals surface area contributed by atoms with Crippen molar-refractivity contribution in [2.75, 3.05) is 13.2 Å². The standard InChI is InChI=1S/C13H18O3/c1-4-15-13(14)11-5-7-12(8-6-11)16-9-10(2)3/h5-8,10H,4,9H2,1-3H3. The second-order valence-corrected chi connectivity index (χ2v) is 3.95. The van der Waals surface area contributed by atoms with Crippen LogP contribution >= 0.6 is 0 Å². The lowest BCUT2D eigenvalue weighted by atomic mass is 10.2. The first-order valence-electron chi connectivity index (χ1n) is 5.53. The van der Waals surface area contributed by atoms with Gasteiger partial charge in [0.2, 0.25) is 0 Å². The third kappa shape index (κ3) is 3.93. The number of carbonyl (C=O) groups excluding carboxylic acids is 1. The molecule has 1 aromatic carbocycles. The van der Waals surface area contributed by atoms with E-state index in [4.69, 9.17) is 9.47 Å². The molecule has 0 aliphatic carbocycles. The van der Waals surface area contributed by atoms with E-state index in [1.807, 2.05) is 0 Å². The Hall–Kier alpha value is -1.51. The molecule has 3 nitrogen and oxygen atoms in total. The molecular weight excluding hydrogens is 204 g/mol. The van der Waals surface area contributed by atoms with E-state index in [0.29, 0.717) is 24.7 Å². The highest BCUT2D eigenvalue weighted by Crippen LogP contribution is 2.13. The molecule has 0 aromatic heterocycles. The minimum atomic E-state index is -0.294. The molecular formula is C13H18O3. The van der Waals surface area contributed by atoms with Crippen LogP contribution in [0.1, 0.15) is 31.1 Å². The summed E-state index contributed by atoms with van der Waals surface area (Å²) in [5.74, 6) is 0.976. The van der Waals surface area contributed by atoms with Crippen LogP contribution in [0.25, 0.3) is 0 Å². The zero-order valence-corrected chi connectivity index (χ0v) is 10.0. The zero-order valence-electron chi connectivity index (χ0n) is 10.0. The summed E-state index contributed by atoms with van der Waals surface area (Å²) in [7, 11) is 0. The van der Waals surface area contributed by atoms with Gasteiger partial charge in [0.15, 0.2) is 0 Å². The van der Waals surface area contributed by atoms with Gasteiger partial charge in [-0.1, -0.05) is 13.8 Å². The summed E-state index contributed by atoms with van der Waals surface area (Å²) >= 11 is 0. The molecule has 0 spiro atoms. The van der Waals surface area contributed by atoms with Crippen molar-refractivity contribution in [3.63, 3.8) is 0 Å². The smallest absolute Gasteiger partial charge is 0.338 e. The molecule has 0 unspecified atom stereocenters. The number of hydrogen-bond acceptors (Lipinski definition) is 3. The molecule has 0 radical (unpaired) electrons. The van der Waals surface area contributed by atoms with E-state index >= 15 is 0 Å². The largest absolute Gasteiger partial charge is 0.493 e. The highest BCUT2D eigenvalue weighted by molar-refractivity contribution is 5.89. The maximum absolute atomic E-state index is 11.4. The van der Waals surface area contributed by atoms with Crippen LogP contribution in [0.4, 0.5) is 0 Å². The fourth-order valence-corrected chi connectivity index (χ4v) is 1.16. The molecule has 0 fully saturated rings. The van der Waals surface area contributed by atoms with Crippen LogP contribution in [0, 0.1) is 5.92 Å². The minimum Gasteiger partial charge on any atom is -0.493 e. The second kappa shape index (κ2) is 6.16. The normalized spacial score (nSPS) is 10.2. The molecule has 0 aliphatic heterocycles. The van der Waals surface area contributed by atoms with Crippen LogP contribution in [-0.4, -0.2) is 19.2 Å². The number of benzene rings is 1. The van der Waals surface area contributed by atoms with Gasteiger partial charge in [0.25, 0.3) is 0 Å². The Morgan fingerprint density at radius 3 is 2.38 bits per heavy atom. The second-order valence-electron chi connectivity index (χ2n) is 3.95. The molecule has 0 atom stereocenters. The van der Waals surface area contributed by atoms with Gasteiger partial charge in [-0.15, -0.1) is 0 Å². The summed E-state index contributed by atoms with van der Waals surface area (Å²) in [6.07, 6.45) is 0. The van der Waals surface area contributed by atoms with Crippen molar-refractivity contribution < 1.29 is 14.3 Å². The van der Waals surface area contributed by atoms with Crippen LogP contribution in [0.3, 0.4) is 0 Å². The lowest BCUT2D eigenvalue weighted by Gasteiger charge is -2.08. The average Bonchev–Trinajstić information content (AvgIpc) is 2.27. The topological polar surface area (TPSA) is 35.5 Å². The Kier molecular flexibility index (Phi) is 4.83. The van der Waals surface area contributed by atoms with Gasteiger partial charge in [0.05, 0.1) is 18.8 Å². The molecule has 88 valence electrons. The predicted molar refractivity (Wildman–Crippen MR) is 62.7 cm³/mol. The Morgan fingerprint density at radius 1 is 1.25 bits per heavy atom. The fourth-order valence-electron chi connectivity index (χ4n) is 1.16. The van der Waals surface area contributed by atoms with Gasteiger partial charge < -0.3 is 9.47 Å². The fraction of sp³-hybridized carbons (Fsp3) is 0.462. The van der Waals surface area contributed by atoms with E-state index in [0.717, 1.165) is 5.75 Å². The van der Waals surface area contributed by atoms with Gasteiger partial charge in [-0.05, 0) is 37.1 Å². The molecule has 0 bridgehead atoms. The lowest BCUT2D eigenvalue weighted by Crippen LogP contribution is -2.06. The van der Waals surface area contributed by atoms with E-state index in [1.165, 1.54) is 0 Å². The molecule has 3 heteroatoms. The molecule has 16 heavy (non-hydrogen) atoms. The SMILES string of the molecule is CCOC(=O)c1ccc(OCC(C)C)cc1. The van der Waals surface area contributed by atoms with Gasteiger partial charge in [-0.25, -0.2) is 4.79 Å². The number of ether oxygens (including phenoxy) is 2. The Balaban J connectivity index is 2.57. The summed E-state index contributed by atoms with van der Waals surface area (Å²) in [5.41, 5.74) is 0.554. The first kappa shape index (κ1) is 12.6. The first-order valence-corrected chi connectivity index (χ1v) is 5.53. The third-order valence-corrected chi connectivity index (χ3v) is 1.95. The maximum atomic E-state index is 11.4. The summed E-state index contributed by atoms with van der Waals surface area (Å²) in [5, 5.41) is 0. The quantitative estimate of drug-likeness (QED) is 0.718. The minimum absolute atomic E-state index is 0.294. The monoisotopic (exact) mass is 222 g/mol. The van der Waals surface area contributed by atoms with Crippen molar-refractivity contribution in [1.29, 1.82) is 0 Å². The lowest BCUT2D eigenvalue weighted by molar-refractivity contribution is 0.0526. The molecule has 1 aromatic rings. The van der Waals surface area contributed by atoms with E-state index in [1.54, 1.807) is 31.2 Å². The van der Waals surface area contributed by atoms with Gasteiger partial charge in [0.1, 0.15) is 5.75 Å². The molecule has 1 rings (SSSR count). The van der Waals surface area contributed by atoms with Crippen molar-refractivity contribution in [2.45, 2.75) is 20.8 Å². The van der Waals surface area contributed by atoms with Crippen LogP contribution in [-0.2, 0) is 4.74 Å².